The summed E-state index contributed by atoms with van der Waals surface area (Å²) in [5.74, 6) is 0. The van der Waals surface area contributed by atoms with Gasteiger partial charge in [-0.1, -0.05) is 30.1 Å². The van der Waals surface area contributed by atoms with Gasteiger partial charge in [0.1, 0.15) is 4.90 Å². The molecule has 1 unspecified atom stereocenters. The number of sulfonamides is 1. The van der Waals surface area contributed by atoms with Crippen LogP contribution in [0.3, 0.4) is 0 Å². The van der Waals surface area contributed by atoms with E-state index in [0.29, 0.717) is 18.2 Å². The van der Waals surface area contributed by atoms with Crippen LogP contribution in [-0.2, 0) is 14.8 Å². The van der Waals surface area contributed by atoms with E-state index in [4.69, 9.17) is 33.7 Å². The van der Waals surface area contributed by atoms with Gasteiger partial charge in [0.15, 0.2) is 0 Å². The van der Waals surface area contributed by atoms with Crippen molar-refractivity contribution in [2.75, 3.05) is 25.4 Å². The molecule has 1 aromatic rings. The van der Waals surface area contributed by atoms with E-state index in [-0.39, 0.29) is 28.3 Å². The molecule has 0 aromatic heterocycles. The van der Waals surface area contributed by atoms with Crippen LogP contribution < -0.4 is 5.73 Å². The van der Waals surface area contributed by atoms with E-state index in [2.05, 4.69) is 0 Å². The smallest absolute Gasteiger partial charge is 0.246 e. The number of morpholine rings is 1. The topological polar surface area (TPSA) is 72.6 Å². The lowest BCUT2D eigenvalue weighted by atomic mass is 10.2. The highest BCUT2D eigenvalue weighted by Crippen LogP contribution is 2.33. The maximum atomic E-state index is 12.7. The zero-order chi connectivity index (χ0) is 14.9. The van der Waals surface area contributed by atoms with Crippen molar-refractivity contribution in [1.29, 1.82) is 0 Å². The van der Waals surface area contributed by atoms with Gasteiger partial charge in [-0.05, 0) is 18.6 Å². The molecule has 1 fully saturated rings. The molecule has 112 valence electrons. The van der Waals surface area contributed by atoms with Crippen LogP contribution in [0.4, 0.5) is 5.69 Å². The lowest BCUT2D eigenvalue weighted by Gasteiger charge is -2.32. The molecule has 1 aliphatic rings. The molecule has 1 aromatic carbocycles. The molecular formula is C12H16Cl2N2O3S. The van der Waals surface area contributed by atoms with Crippen LogP contribution in [0, 0.1) is 0 Å². The first-order valence-corrected chi connectivity index (χ1v) is 8.42. The number of nitrogen functional groups attached to an aromatic ring is 1. The van der Waals surface area contributed by atoms with Crippen molar-refractivity contribution < 1.29 is 13.2 Å². The second-order valence-electron chi connectivity index (χ2n) is 4.57. The Bertz CT molecular complexity index is 584. The summed E-state index contributed by atoms with van der Waals surface area (Å²) in [6, 6.07) is 2.77. The van der Waals surface area contributed by atoms with Gasteiger partial charge in [0.05, 0.1) is 23.4 Å². The van der Waals surface area contributed by atoms with Gasteiger partial charge in [-0.15, -0.1) is 0 Å². The molecule has 8 heteroatoms. The van der Waals surface area contributed by atoms with Crippen LogP contribution in [0.15, 0.2) is 17.0 Å². The lowest BCUT2D eigenvalue weighted by Crippen LogP contribution is -2.45. The highest BCUT2D eigenvalue weighted by Gasteiger charge is 2.33. The normalized spacial score (nSPS) is 21.1. The Morgan fingerprint density at radius 1 is 1.45 bits per heavy atom. The monoisotopic (exact) mass is 338 g/mol. The minimum Gasteiger partial charge on any atom is -0.398 e. The first-order valence-electron chi connectivity index (χ1n) is 6.22. The number of rotatable bonds is 3. The van der Waals surface area contributed by atoms with Crippen molar-refractivity contribution >= 4 is 38.9 Å². The molecule has 20 heavy (non-hydrogen) atoms. The van der Waals surface area contributed by atoms with Crippen molar-refractivity contribution in [2.45, 2.75) is 24.3 Å². The van der Waals surface area contributed by atoms with Gasteiger partial charge in [0.2, 0.25) is 10.0 Å². The van der Waals surface area contributed by atoms with Crippen LogP contribution in [0.1, 0.15) is 13.3 Å². The molecule has 1 atom stereocenters. The molecule has 2 rings (SSSR count). The number of halogens is 2. The standard InChI is InChI=1S/C12H16Cl2N2O3S/c1-2-9-7-16(3-4-19-9)20(17,18)12-10(14)5-8(13)6-11(12)15/h5-6,9H,2-4,7,15H2,1H3. The van der Waals surface area contributed by atoms with Crippen LogP contribution in [0.5, 0.6) is 0 Å². The maximum absolute atomic E-state index is 12.7. The summed E-state index contributed by atoms with van der Waals surface area (Å²) in [6.45, 7) is 2.90. The molecular weight excluding hydrogens is 323 g/mol. The van der Waals surface area contributed by atoms with Gasteiger partial charge in [-0.25, -0.2) is 8.42 Å². The van der Waals surface area contributed by atoms with E-state index in [1.807, 2.05) is 6.92 Å². The number of nitrogens with two attached hydrogens (primary N) is 1. The van der Waals surface area contributed by atoms with Gasteiger partial charge in [0, 0.05) is 18.1 Å². The second-order valence-corrected chi connectivity index (χ2v) is 7.29. The van der Waals surface area contributed by atoms with Gasteiger partial charge in [-0.2, -0.15) is 4.31 Å². The molecule has 2 N–H and O–H groups in total. The summed E-state index contributed by atoms with van der Waals surface area (Å²) in [5, 5.41) is 0.342. The van der Waals surface area contributed by atoms with Gasteiger partial charge < -0.3 is 10.5 Å². The van der Waals surface area contributed by atoms with Gasteiger partial charge >= 0.3 is 0 Å². The Kier molecular flexibility index (Phi) is 4.81. The Morgan fingerprint density at radius 2 is 2.15 bits per heavy atom. The molecule has 0 saturated carbocycles. The van der Waals surface area contributed by atoms with Crippen LogP contribution >= 0.6 is 23.2 Å². The number of ether oxygens (including phenoxy) is 1. The fourth-order valence-electron chi connectivity index (χ4n) is 2.14. The summed E-state index contributed by atoms with van der Waals surface area (Å²) in [4.78, 5) is -0.0830. The highest BCUT2D eigenvalue weighted by atomic mass is 35.5. The van der Waals surface area contributed by atoms with Crippen molar-refractivity contribution in [3.63, 3.8) is 0 Å². The van der Waals surface area contributed by atoms with Gasteiger partial charge in [-0.3, -0.25) is 0 Å². The van der Waals surface area contributed by atoms with Crippen LogP contribution in [0.2, 0.25) is 10.0 Å². The molecule has 0 amide bonds. The van der Waals surface area contributed by atoms with E-state index in [1.165, 1.54) is 16.4 Å². The largest absolute Gasteiger partial charge is 0.398 e. The maximum Gasteiger partial charge on any atom is 0.246 e. The van der Waals surface area contributed by atoms with E-state index < -0.39 is 10.0 Å². The number of anilines is 1. The third-order valence-electron chi connectivity index (χ3n) is 3.19. The molecule has 1 aliphatic heterocycles. The number of nitrogens with zero attached hydrogens (tertiary/aromatic N) is 1. The predicted octanol–water partition coefficient (Wildman–Crippen LogP) is 2.38. The SMILES string of the molecule is CCC1CN(S(=O)(=O)c2c(N)cc(Cl)cc2Cl)CCO1. The van der Waals surface area contributed by atoms with Crippen molar-refractivity contribution in [3.05, 3.63) is 22.2 Å². The third-order valence-corrected chi connectivity index (χ3v) is 5.80. The van der Waals surface area contributed by atoms with Crippen molar-refractivity contribution in [1.82, 2.24) is 4.31 Å². The second kappa shape index (κ2) is 6.07. The molecule has 0 radical (unpaired) electrons. The summed E-state index contributed by atoms with van der Waals surface area (Å²) in [6.07, 6.45) is 0.640. The molecule has 0 bridgehead atoms. The number of benzene rings is 1. The van der Waals surface area contributed by atoms with Crippen LogP contribution in [-0.4, -0.2) is 38.5 Å². The zero-order valence-electron chi connectivity index (χ0n) is 11.0. The minimum atomic E-state index is -3.75. The fraction of sp³-hybridized carbons (Fsp3) is 0.500. The third kappa shape index (κ3) is 3.04. The fourth-order valence-corrected chi connectivity index (χ4v) is 4.54. The van der Waals surface area contributed by atoms with E-state index in [0.717, 1.165) is 6.42 Å². The minimum absolute atomic E-state index is 0.0366. The molecule has 5 nitrogen and oxygen atoms in total. The first-order chi connectivity index (χ1) is 9.36. The quantitative estimate of drug-likeness (QED) is 0.858. The summed E-state index contributed by atoms with van der Waals surface area (Å²) in [5.41, 5.74) is 5.83. The van der Waals surface area contributed by atoms with Crippen molar-refractivity contribution in [3.8, 4) is 0 Å². The molecule has 0 spiro atoms. The number of hydrogen-bond donors (Lipinski definition) is 1. The molecule has 1 saturated heterocycles. The Morgan fingerprint density at radius 3 is 2.75 bits per heavy atom. The molecule has 1 heterocycles. The van der Waals surface area contributed by atoms with E-state index in [9.17, 15) is 8.42 Å². The average Bonchev–Trinajstić information content (AvgIpc) is 2.37. The van der Waals surface area contributed by atoms with Gasteiger partial charge in [0.25, 0.3) is 0 Å². The predicted molar refractivity (Wildman–Crippen MR) is 79.7 cm³/mol. The zero-order valence-corrected chi connectivity index (χ0v) is 13.3. The summed E-state index contributed by atoms with van der Waals surface area (Å²) in [7, 11) is -3.75. The number of hydrogen-bond acceptors (Lipinski definition) is 4. The summed E-state index contributed by atoms with van der Waals surface area (Å²) < 4.78 is 32.2. The Labute approximate surface area is 128 Å². The van der Waals surface area contributed by atoms with E-state index in [1.54, 1.807) is 0 Å². The Hall–Kier alpha value is -0.530. The first kappa shape index (κ1) is 15.9. The van der Waals surface area contributed by atoms with Crippen molar-refractivity contribution in [2.24, 2.45) is 0 Å². The average molecular weight is 339 g/mol. The highest BCUT2D eigenvalue weighted by molar-refractivity contribution is 7.89. The Balaban J connectivity index is 2.40. The summed E-state index contributed by atoms with van der Waals surface area (Å²) >= 11 is 11.8. The van der Waals surface area contributed by atoms with Crippen LogP contribution in [0.25, 0.3) is 0 Å². The van der Waals surface area contributed by atoms with E-state index >= 15 is 0 Å². The molecule has 0 aliphatic carbocycles. The lowest BCUT2D eigenvalue weighted by molar-refractivity contribution is -0.00276.